The number of benzene rings is 1. The van der Waals surface area contributed by atoms with Crippen LogP contribution in [0.2, 0.25) is 0 Å². The van der Waals surface area contributed by atoms with Crippen molar-refractivity contribution in [1.82, 2.24) is 4.90 Å². The summed E-state index contributed by atoms with van der Waals surface area (Å²) >= 11 is 0. The lowest BCUT2D eigenvalue weighted by Crippen LogP contribution is -2.52. The van der Waals surface area contributed by atoms with Gasteiger partial charge in [-0.05, 0) is 12.1 Å². The molecular formula is C15H17FN2O4. The number of aliphatic hydroxyl groups is 2. The average Bonchev–Trinajstić information content (AvgIpc) is 2.55. The zero-order valence-corrected chi connectivity index (χ0v) is 11.9. The summed E-state index contributed by atoms with van der Waals surface area (Å²) in [6.45, 7) is -0.688. The van der Waals surface area contributed by atoms with E-state index in [2.05, 4.69) is 0 Å². The number of rotatable bonds is 4. The van der Waals surface area contributed by atoms with Gasteiger partial charge in [-0.1, -0.05) is 12.1 Å². The van der Waals surface area contributed by atoms with E-state index >= 15 is 0 Å². The summed E-state index contributed by atoms with van der Waals surface area (Å²) in [5.74, 6) is -0.381. The van der Waals surface area contributed by atoms with E-state index < -0.39 is 30.9 Å². The first kappa shape index (κ1) is 16.2. The van der Waals surface area contributed by atoms with Crippen LogP contribution in [0.5, 0.6) is 5.75 Å². The summed E-state index contributed by atoms with van der Waals surface area (Å²) < 4.78 is 19.8. The maximum atomic E-state index is 14.2. The van der Waals surface area contributed by atoms with Crippen molar-refractivity contribution in [3.05, 3.63) is 29.8 Å². The quantitative estimate of drug-likeness (QED) is 0.830. The van der Waals surface area contributed by atoms with Crippen LogP contribution in [-0.2, 0) is 4.79 Å². The molecule has 2 rings (SSSR count). The lowest BCUT2D eigenvalue weighted by molar-refractivity contribution is -0.146. The largest absolute Gasteiger partial charge is 0.486 e. The van der Waals surface area contributed by atoms with Gasteiger partial charge in [-0.15, -0.1) is 0 Å². The van der Waals surface area contributed by atoms with Crippen molar-refractivity contribution < 1.29 is 24.1 Å². The van der Waals surface area contributed by atoms with E-state index in [1.807, 2.05) is 6.07 Å². The highest BCUT2D eigenvalue weighted by Crippen LogP contribution is 2.24. The van der Waals surface area contributed by atoms with E-state index in [0.717, 1.165) is 0 Å². The number of nitriles is 1. The minimum Gasteiger partial charge on any atom is -0.486 e. The highest BCUT2D eigenvalue weighted by atomic mass is 19.1. The number of carbonyl (C=O) groups is 1. The predicted octanol–water partition coefficient (Wildman–Crippen LogP) is 0.229. The molecule has 6 nitrogen and oxygen atoms in total. The van der Waals surface area contributed by atoms with Crippen LogP contribution in [-0.4, -0.2) is 59.1 Å². The Bertz CT molecular complexity index is 575. The van der Waals surface area contributed by atoms with Crippen LogP contribution in [0, 0.1) is 11.3 Å². The molecule has 1 fully saturated rings. The van der Waals surface area contributed by atoms with Crippen LogP contribution in [0.4, 0.5) is 4.39 Å². The van der Waals surface area contributed by atoms with Crippen LogP contribution in [0.1, 0.15) is 12.0 Å². The molecule has 0 radical (unpaired) electrons. The second-order valence-electron chi connectivity index (χ2n) is 5.05. The number of nitrogens with zero attached hydrogens (tertiary/aromatic N) is 2. The number of hydrogen-bond donors (Lipinski definition) is 2. The summed E-state index contributed by atoms with van der Waals surface area (Å²) in [7, 11) is 0. The van der Waals surface area contributed by atoms with E-state index in [-0.39, 0.29) is 19.5 Å². The molecule has 1 saturated heterocycles. The summed E-state index contributed by atoms with van der Waals surface area (Å²) in [5, 5.41) is 27.1. The smallest absolute Gasteiger partial charge is 0.253 e. The van der Waals surface area contributed by atoms with Gasteiger partial charge in [-0.2, -0.15) is 5.26 Å². The Balaban J connectivity index is 2.00. The number of aliphatic hydroxyl groups excluding tert-OH is 2. The summed E-state index contributed by atoms with van der Waals surface area (Å²) in [5.41, 5.74) is 0.323. The van der Waals surface area contributed by atoms with Crippen molar-refractivity contribution in [2.45, 2.75) is 24.8 Å². The van der Waals surface area contributed by atoms with Gasteiger partial charge in [-0.25, -0.2) is 4.39 Å². The number of halogens is 1. The number of amides is 1. The van der Waals surface area contributed by atoms with Crippen molar-refractivity contribution >= 4 is 5.91 Å². The molecule has 2 N–H and O–H groups in total. The van der Waals surface area contributed by atoms with Crippen molar-refractivity contribution in [2.24, 2.45) is 0 Å². The third-order valence-electron chi connectivity index (χ3n) is 3.54. The highest BCUT2D eigenvalue weighted by molar-refractivity contribution is 5.80. The Morgan fingerprint density at radius 3 is 2.91 bits per heavy atom. The molecule has 1 aliphatic rings. The Labute approximate surface area is 127 Å². The first-order valence-corrected chi connectivity index (χ1v) is 6.94. The molecule has 0 saturated carbocycles. The summed E-state index contributed by atoms with van der Waals surface area (Å²) in [6.07, 6.45) is -3.48. The molecule has 1 aliphatic heterocycles. The third-order valence-corrected chi connectivity index (χ3v) is 3.54. The van der Waals surface area contributed by atoms with Gasteiger partial charge < -0.3 is 19.8 Å². The molecule has 0 bridgehead atoms. The molecule has 1 aromatic rings. The molecule has 0 unspecified atom stereocenters. The van der Waals surface area contributed by atoms with Crippen molar-refractivity contribution in [3.63, 3.8) is 0 Å². The third kappa shape index (κ3) is 3.53. The van der Waals surface area contributed by atoms with Gasteiger partial charge in [0.1, 0.15) is 17.9 Å². The first-order chi connectivity index (χ1) is 10.6. The predicted molar refractivity (Wildman–Crippen MR) is 74.8 cm³/mol. The number of ether oxygens (including phenoxy) is 1. The van der Waals surface area contributed by atoms with Crippen LogP contribution in [0.25, 0.3) is 0 Å². The second kappa shape index (κ2) is 7.20. The lowest BCUT2D eigenvalue weighted by atomic mass is 10.0. The minimum absolute atomic E-state index is 0.213. The molecule has 1 aromatic carbocycles. The Kier molecular flexibility index (Phi) is 5.31. The van der Waals surface area contributed by atoms with Gasteiger partial charge in [0.05, 0.1) is 18.7 Å². The molecule has 0 aromatic heterocycles. The van der Waals surface area contributed by atoms with Crippen LogP contribution in [0.15, 0.2) is 24.3 Å². The van der Waals surface area contributed by atoms with Gasteiger partial charge in [0.2, 0.25) is 0 Å². The van der Waals surface area contributed by atoms with E-state index in [4.69, 9.17) is 15.1 Å². The molecular weight excluding hydrogens is 291 g/mol. The fourth-order valence-electron chi connectivity index (χ4n) is 2.33. The summed E-state index contributed by atoms with van der Waals surface area (Å²) in [4.78, 5) is 12.9. The molecule has 7 heteroatoms. The lowest BCUT2D eigenvalue weighted by Gasteiger charge is -2.35. The Morgan fingerprint density at radius 2 is 2.27 bits per heavy atom. The fourth-order valence-corrected chi connectivity index (χ4v) is 2.33. The number of hydrogen-bond acceptors (Lipinski definition) is 5. The van der Waals surface area contributed by atoms with E-state index in [1.54, 1.807) is 24.3 Å². The summed E-state index contributed by atoms with van der Waals surface area (Å²) in [6, 6.07) is 8.54. The highest BCUT2D eigenvalue weighted by Gasteiger charge is 2.35. The zero-order valence-electron chi connectivity index (χ0n) is 11.9. The van der Waals surface area contributed by atoms with Gasteiger partial charge in [0.25, 0.3) is 5.91 Å². The number of likely N-dealkylation sites (tertiary alicyclic amines) is 1. The Morgan fingerprint density at radius 1 is 1.55 bits per heavy atom. The topological polar surface area (TPSA) is 93.8 Å². The van der Waals surface area contributed by atoms with Crippen molar-refractivity contribution in [3.8, 4) is 11.8 Å². The minimum atomic E-state index is -1.52. The SMILES string of the molecule is N#Cc1ccccc1O[C@H]1CCN(C(=O)[C@@H](O)CO)C[C@H]1F. The van der Waals surface area contributed by atoms with E-state index in [9.17, 15) is 14.3 Å². The van der Waals surface area contributed by atoms with Gasteiger partial charge in [0, 0.05) is 13.0 Å². The monoisotopic (exact) mass is 308 g/mol. The first-order valence-electron chi connectivity index (χ1n) is 6.94. The second-order valence-corrected chi connectivity index (χ2v) is 5.05. The van der Waals surface area contributed by atoms with Crippen LogP contribution < -0.4 is 4.74 Å². The Hall–Kier alpha value is -2.17. The number of alkyl halides is 1. The molecule has 0 spiro atoms. The fraction of sp³-hybridized carbons (Fsp3) is 0.467. The van der Waals surface area contributed by atoms with E-state index in [0.29, 0.717) is 11.3 Å². The number of piperidine rings is 1. The standard InChI is InChI=1S/C15H17FN2O4/c16-11-8-18(15(21)12(20)9-19)6-5-14(11)22-13-4-2-1-3-10(13)7-17/h1-4,11-12,14,19-20H,5-6,8-9H2/t11-,12+,14+/m1/s1. The molecule has 22 heavy (non-hydrogen) atoms. The van der Waals surface area contributed by atoms with Crippen molar-refractivity contribution in [2.75, 3.05) is 19.7 Å². The van der Waals surface area contributed by atoms with Crippen LogP contribution >= 0.6 is 0 Å². The molecule has 3 atom stereocenters. The van der Waals surface area contributed by atoms with Crippen LogP contribution in [0.3, 0.4) is 0 Å². The normalized spacial score (nSPS) is 22.7. The number of carbonyl (C=O) groups excluding carboxylic acids is 1. The van der Waals surface area contributed by atoms with Gasteiger partial charge in [0.15, 0.2) is 12.3 Å². The molecule has 0 aliphatic carbocycles. The molecule has 1 heterocycles. The zero-order chi connectivity index (χ0) is 16.1. The van der Waals surface area contributed by atoms with Gasteiger partial charge in [-0.3, -0.25) is 4.79 Å². The molecule has 118 valence electrons. The van der Waals surface area contributed by atoms with Gasteiger partial charge >= 0.3 is 0 Å². The maximum Gasteiger partial charge on any atom is 0.253 e. The maximum absolute atomic E-state index is 14.2. The molecule has 1 amide bonds. The van der Waals surface area contributed by atoms with Crippen molar-refractivity contribution in [1.29, 1.82) is 5.26 Å². The van der Waals surface area contributed by atoms with E-state index in [1.165, 1.54) is 4.90 Å². The number of para-hydroxylation sites is 1. The average molecular weight is 308 g/mol.